The minimum absolute atomic E-state index is 0.0241. The largest absolute Gasteiger partial charge is 0.396 e. The SMILES string of the molecule is CCc1cc2c(s1)CCO[C@@]21CCN(C/C(C=NCC(C)(C)CCO)=N/N)[C@@H](C)C1. The molecule has 30 heavy (non-hydrogen) atoms. The van der Waals surface area contributed by atoms with Gasteiger partial charge in [0.25, 0.3) is 0 Å². The first-order valence-corrected chi connectivity index (χ1v) is 12.0. The van der Waals surface area contributed by atoms with E-state index >= 15 is 0 Å². The number of hydrogen-bond acceptors (Lipinski definition) is 7. The van der Waals surface area contributed by atoms with Crippen molar-refractivity contribution in [3.8, 4) is 0 Å². The molecule has 0 aromatic carbocycles. The number of aliphatic imine (C=N–C) groups is 1. The third-order valence-electron chi connectivity index (χ3n) is 6.54. The minimum atomic E-state index is -0.129. The van der Waals surface area contributed by atoms with Gasteiger partial charge in [-0.15, -0.1) is 11.3 Å². The Bertz CT molecular complexity index is 773. The molecule has 0 aliphatic carbocycles. The number of ether oxygens (including phenoxy) is 1. The molecule has 3 heterocycles. The highest BCUT2D eigenvalue weighted by Crippen LogP contribution is 2.46. The lowest BCUT2D eigenvalue weighted by atomic mass is 9.79. The Balaban J connectivity index is 1.63. The first-order valence-electron chi connectivity index (χ1n) is 11.2. The molecule has 3 N–H and O–H groups in total. The first-order chi connectivity index (χ1) is 14.3. The molecule has 0 radical (unpaired) electrons. The molecule has 0 unspecified atom stereocenters. The molecule has 1 aromatic rings. The number of likely N-dealkylation sites (tertiary alicyclic amines) is 1. The van der Waals surface area contributed by atoms with E-state index < -0.39 is 0 Å². The Morgan fingerprint density at radius 2 is 2.30 bits per heavy atom. The molecular weight excluding hydrogens is 396 g/mol. The fourth-order valence-electron chi connectivity index (χ4n) is 4.61. The quantitative estimate of drug-likeness (QED) is 0.373. The molecule has 2 aliphatic heterocycles. The summed E-state index contributed by atoms with van der Waals surface area (Å²) in [6.45, 7) is 12.1. The Morgan fingerprint density at radius 1 is 1.50 bits per heavy atom. The second-order valence-electron chi connectivity index (χ2n) is 9.50. The second kappa shape index (κ2) is 9.90. The number of rotatable bonds is 8. The summed E-state index contributed by atoms with van der Waals surface area (Å²) in [7, 11) is 0. The molecule has 2 aliphatic rings. The lowest BCUT2D eigenvalue weighted by molar-refractivity contribution is -0.108. The number of hydrazone groups is 1. The first kappa shape index (κ1) is 23.4. The van der Waals surface area contributed by atoms with Crippen molar-refractivity contribution in [3.05, 3.63) is 21.4 Å². The Morgan fingerprint density at radius 3 is 2.97 bits per heavy atom. The molecule has 7 heteroatoms. The lowest BCUT2D eigenvalue weighted by Gasteiger charge is -2.47. The molecule has 0 amide bonds. The summed E-state index contributed by atoms with van der Waals surface area (Å²) in [6, 6.07) is 2.78. The van der Waals surface area contributed by atoms with Gasteiger partial charge in [0.1, 0.15) is 0 Å². The average molecular weight is 435 g/mol. The van der Waals surface area contributed by atoms with Gasteiger partial charge in [-0.05, 0) is 49.7 Å². The highest BCUT2D eigenvalue weighted by Gasteiger charge is 2.44. The third-order valence-corrected chi connectivity index (χ3v) is 7.88. The van der Waals surface area contributed by atoms with Crippen LogP contribution < -0.4 is 5.84 Å². The van der Waals surface area contributed by atoms with E-state index in [0.29, 0.717) is 19.1 Å². The van der Waals surface area contributed by atoms with Crippen LogP contribution in [-0.4, -0.2) is 60.8 Å². The van der Waals surface area contributed by atoms with Crippen LogP contribution in [0.4, 0.5) is 0 Å². The van der Waals surface area contributed by atoms with Crippen LogP contribution in [0.5, 0.6) is 0 Å². The van der Waals surface area contributed by atoms with Gasteiger partial charge in [-0.1, -0.05) is 20.8 Å². The van der Waals surface area contributed by atoms with Crippen LogP contribution in [0.15, 0.2) is 16.2 Å². The molecule has 1 spiro atoms. The zero-order valence-corrected chi connectivity index (χ0v) is 19.8. The highest BCUT2D eigenvalue weighted by molar-refractivity contribution is 7.12. The van der Waals surface area contributed by atoms with E-state index in [1.54, 1.807) is 6.21 Å². The van der Waals surface area contributed by atoms with E-state index in [-0.39, 0.29) is 17.6 Å². The van der Waals surface area contributed by atoms with Gasteiger partial charge < -0.3 is 15.7 Å². The summed E-state index contributed by atoms with van der Waals surface area (Å²) in [5.41, 5.74) is 2.09. The number of hydrogen-bond donors (Lipinski definition) is 2. The van der Waals surface area contributed by atoms with Gasteiger partial charge in [0.15, 0.2) is 0 Å². The number of aryl methyl sites for hydroxylation is 1. The molecule has 2 atom stereocenters. The third kappa shape index (κ3) is 5.31. The normalized spacial score (nSPS) is 25.9. The zero-order chi connectivity index (χ0) is 21.8. The predicted octanol–water partition coefficient (Wildman–Crippen LogP) is 3.36. The number of aliphatic hydroxyl groups is 1. The molecule has 0 bridgehead atoms. The molecule has 168 valence electrons. The highest BCUT2D eigenvalue weighted by atomic mass is 32.1. The van der Waals surface area contributed by atoms with Crippen LogP contribution in [-0.2, 0) is 23.2 Å². The van der Waals surface area contributed by atoms with Crippen molar-refractivity contribution in [2.45, 2.75) is 71.4 Å². The zero-order valence-electron chi connectivity index (χ0n) is 19.0. The molecule has 0 saturated carbocycles. The van der Waals surface area contributed by atoms with Gasteiger partial charge in [-0.25, -0.2) is 0 Å². The van der Waals surface area contributed by atoms with Crippen molar-refractivity contribution >= 4 is 23.3 Å². The van der Waals surface area contributed by atoms with Crippen LogP contribution in [0, 0.1) is 5.41 Å². The molecule has 6 nitrogen and oxygen atoms in total. The fraction of sp³-hybridized carbons (Fsp3) is 0.739. The van der Waals surface area contributed by atoms with Crippen LogP contribution >= 0.6 is 11.3 Å². The average Bonchev–Trinajstić information content (AvgIpc) is 3.14. The smallest absolute Gasteiger partial charge is 0.0969 e. The molecule has 1 fully saturated rings. The Hall–Kier alpha value is -1.28. The van der Waals surface area contributed by atoms with E-state index in [1.807, 2.05) is 11.3 Å². The van der Waals surface area contributed by atoms with Crippen molar-refractivity contribution in [1.29, 1.82) is 0 Å². The maximum absolute atomic E-state index is 9.17. The Kier molecular flexibility index (Phi) is 7.71. The summed E-state index contributed by atoms with van der Waals surface area (Å²) in [4.78, 5) is 9.99. The number of fused-ring (bicyclic) bond motifs is 2. The van der Waals surface area contributed by atoms with E-state index in [2.05, 4.69) is 48.8 Å². The second-order valence-corrected chi connectivity index (χ2v) is 10.7. The topological polar surface area (TPSA) is 83.4 Å². The van der Waals surface area contributed by atoms with Crippen molar-refractivity contribution in [2.24, 2.45) is 21.4 Å². The molecular formula is C23H38N4O2S. The minimum Gasteiger partial charge on any atom is -0.396 e. The summed E-state index contributed by atoms with van der Waals surface area (Å²) in [5, 5.41) is 13.2. The standard InChI is InChI=1S/C23H38N4O2S/c1-5-19-12-20-21(30-19)6-11-29-23(20)7-9-27(17(2)13-23)15-18(26-24)14-25-16-22(3,4)8-10-28/h12,14,17,28H,5-11,13,15-16,24H2,1-4H3/b25-14?,26-18+/t17-,23+/m0/s1. The van der Waals surface area contributed by atoms with Crippen molar-refractivity contribution in [3.63, 3.8) is 0 Å². The van der Waals surface area contributed by atoms with Gasteiger partial charge in [-0.3, -0.25) is 9.89 Å². The van der Waals surface area contributed by atoms with Gasteiger partial charge in [0.2, 0.25) is 0 Å². The maximum Gasteiger partial charge on any atom is 0.0969 e. The summed E-state index contributed by atoms with van der Waals surface area (Å²) in [5.74, 6) is 5.67. The predicted molar refractivity (Wildman–Crippen MR) is 126 cm³/mol. The number of nitrogens with two attached hydrogens (primary N) is 1. The number of aliphatic hydroxyl groups excluding tert-OH is 1. The summed E-state index contributed by atoms with van der Waals surface area (Å²) >= 11 is 1.97. The van der Waals surface area contributed by atoms with Gasteiger partial charge in [0.05, 0.1) is 17.9 Å². The van der Waals surface area contributed by atoms with Crippen molar-refractivity contribution in [2.75, 3.05) is 32.8 Å². The molecule has 1 saturated heterocycles. The lowest BCUT2D eigenvalue weighted by Crippen LogP contribution is -2.51. The van der Waals surface area contributed by atoms with Crippen LogP contribution in [0.3, 0.4) is 0 Å². The van der Waals surface area contributed by atoms with Gasteiger partial charge in [0, 0.05) is 54.7 Å². The molecule has 3 rings (SSSR count). The monoisotopic (exact) mass is 434 g/mol. The molecule has 1 aromatic heterocycles. The fourth-order valence-corrected chi connectivity index (χ4v) is 5.79. The van der Waals surface area contributed by atoms with E-state index in [1.165, 1.54) is 15.3 Å². The Labute approximate surface area is 185 Å². The van der Waals surface area contributed by atoms with Crippen LogP contribution in [0.25, 0.3) is 0 Å². The van der Waals surface area contributed by atoms with Crippen LogP contribution in [0.1, 0.15) is 62.3 Å². The maximum atomic E-state index is 9.17. The van der Waals surface area contributed by atoms with E-state index in [0.717, 1.165) is 51.0 Å². The van der Waals surface area contributed by atoms with Crippen LogP contribution in [0.2, 0.25) is 0 Å². The van der Waals surface area contributed by atoms with Crippen molar-refractivity contribution in [1.82, 2.24) is 4.90 Å². The summed E-state index contributed by atoms with van der Waals surface area (Å²) in [6.07, 6.45) is 6.68. The summed E-state index contributed by atoms with van der Waals surface area (Å²) < 4.78 is 6.44. The van der Waals surface area contributed by atoms with E-state index in [9.17, 15) is 5.11 Å². The number of thiophene rings is 1. The van der Waals surface area contributed by atoms with Crippen molar-refractivity contribution < 1.29 is 9.84 Å². The van der Waals surface area contributed by atoms with E-state index in [4.69, 9.17) is 10.6 Å². The number of piperidine rings is 1. The van der Waals surface area contributed by atoms with Gasteiger partial charge in [-0.2, -0.15) is 5.10 Å². The number of nitrogens with zero attached hydrogens (tertiary/aromatic N) is 3. The van der Waals surface area contributed by atoms with Gasteiger partial charge >= 0.3 is 0 Å².